The largest absolute Gasteiger partial charge is 0.466 e. The van der Waals surface area contributed by atoms with Gasteiger partial charge in [0.15, 0.2) is 0 Å². The van der Waals surface area contributed by atoms with Crippen molar-refractivity contribution in [1.82, 2.24) is 4.90 Å². The van der Waals surface area contributed by atoms with Crippen molar-refractivity contribution in [3.8, 4) is 0 Å². The molecule has 6 heteroatoms. The van der Waals surface area contributed by atoms with E-state index in [0.717, 1.165) is 49.9 Å². The van der Waals surface area contributed by atoms with Crippen molar-refractivity contribution in [2.24, 2.45) is 0 Å². The van der Waals surface area contributed by atoms with Gasteiger partial charge in [0.1, 0.15) is 0 Å². The van der Waals surface area contributed by atoms with Crippen LogP contribution in [0.25, 0.3) is 0 Å². The van der Waals surface area contributed by atoms with E-state index in [1.807, 2.05) is 71.3 Å². The molecule has 0 N–H and O–H groups in total. The highest BCUT2D eigenvalue weighted by Crippen LogP contribution is 2.35. The van der Waals surface area contributed by atoms with Crippen LogP contribution in [0.1, 0.15) is 57.1 Å². The Hall–Kier alpha value is -2.53. The molecule has 1 saturated heterocycles. The minimum atomic E-state index is -0.112. The summed E-state index contributed by atoms with van der Waals surface area (Å²) in [6.45, 7) is 3.68. The average Bonchev–Trinajstić information content (AvgIpc) is 3.10. The molecule has 0 saturated carbocycles. The van der Waals surface area contributed by atoms with Gasteiger partial charge in [0.05, 0.1) is 12.6 Å². The molecule has 5 nitrogen and oxygen atoms in total. The van der Waals surface area contributed by atoms with Crippen LogP contribution >= 0.6 is 11.6 Å². The van der Waals surface area contributed by atoms with Crippen LogP contribution in [-0.2, 0) is 9.53 Å². The normalized spacial score (nSPS) is 16.1. The lowest BCUT2D eigenvalue weighted by Gasteiger charge is -2.23. The molecule has 0 bridgehead atoms. The third-order valence-electron chi connectivity index (χ3n) is 5.59. The summed E-state index contributed by atoms with van der Waals surface area (Å²) >= 11 is 6.07. The van der Waals surface area contributed by atoms with Gasteiger partial charge in [-0.15, -0.1) is 0 Å². The van der Waals surface area contributed by atoms with E-state index >= 15 is 0 Å². The van der Waals surface area contributed by atoms with Gasteiger partial charge in [-0.1, -0.05) is 61.2 Å². The number of carbonyl (C=O) groups is 2. The van der Waals surface area contributed by atoms with E-state index in [1.165, 1.54) is 0 Å². The van der Waals surface area contributed by atoms with Crippen molar-refractivity contribution in [1.29, 1.82) is 0 Å². The predicted octanol–water partition coefficient (Wildman–Crippen LogP) is 6.23. The molecular formula is C25H31ClN2O3. The monoisotopic (exact) mass is 442 g/mol. The highest BCUT2D eigenvalue weighted by atomic mass is 35.5. The van der Waals surface area contributed by atoms with Crippen molar-refractivity contribution in [3.05, 3.63) is 65.2 Å². The van der Waals surface area contributed by atoms with Crippen molar-refractivity contribution in [2.45, 2.75) is 51.5 Å². The molecule has 2 aromatic rings. The van der Waals surface area contributed by atoms with E-state index in [9.17, 15) is 9.59 Å². The number of halogens is 1. The van der Waals surface area contributed by atoms with Gasteiger partial charge in [-0.05, 0) is 49.6 Å². The standard InChI is InChI=1S/C25H31ClN2O3/c1-2-31-24(29)13-9-4-3-5-10-18-27-19-23(20-14-16-21(26)17-15-20)28(25(27)30)22-11-7-6-8-12-22/h6-8,11-12,14-17,23H,2-5,9-10,13,18-19H2,1H3. The Kier molecular flexibility index (Phi) is 8.77. The molecule has 1 heterocycles. The quantitative estimate of drug-likeness (QED) is 0.306. The zero-order chi connectivity index (χ0) is 22.1. The summed E-state index contributed by atoms with van der Waals surface area (Å²) < 4.78 is 4.95. The van der Waals surface area contributed by atoms with Crippen LogP contribution in [0, 0.1) is 0 Å². The second-order valence-electron chi connectivity index (χ2n) is 7.82. The number of esters is 1. The van der Waals surface area contributed by atoms with Gasteiger partial charge < -0.3 is 9.64 Å². The summed E-state index contributed by atoms with van der Waals surface area (Å²) in [4.78, 5) is 28.5. The number of amides is 2. The number of ether oxygens (including phenoxy) is 1. The summed E-state index contributed by atoms with van der Waals surface area (Å²) in [5, 5.41) is 0.694. The number of rotatable bonds is 11. The Morgan fingerprint density at radius 1 is 1.00 bits per heavy atom. The molecule has 1 atom stereocenters. The number of hydrogen-bond donors (Lipinski definition) is 0. The van der Waals surface area contributed by atoms with Crippen LogP contribution in [0.4, 0.5) is 10.5 Å². The van der Waals surface area contributed by atoms with Gasteiger partial charge in [-0.2, -0.15) is 0 Å². The number of hydrogen-bond acceptors (Lipinski definition) is 3. The summed E-state index contributed by atoms with van der Waals surface area (Å²) in [5.41, 5.74) is 2.00. The highest BCUT2D eigenvalue weighted by molar-refractivity contribution is 6.30. The number of carbonyl (C=O) groups excluding carboxylic acids is 2. The lowest BCUT2D eigenvalue weighted by Crippen LogP contribution is -2.33. The van der Waals surface area contributed by atoms with E-state index in [4.69, 9.17) is 16.3 Å². The molecule has 0 spiro atoms. The van der Waals surface area contributed by atoms with Gasteiger partial charge >= 0.3 is 12.0 Å². The predicted molar refractivity (Wildman–Crippen MR) is 124 cm³/mol. The molecular weight excluding hydrogens is 412 g/mol. The van der Waals surface area contributed by atoms with E-state index in [1.54, 1.807) is 0 Å². The second-order valence-corrected chi connectivity index (χ2v) is 8.26. The first-order valence-electron chi connectivity index (χ1n) is 11.1. The molecule has 166 valence electrons. The fraction of sp³-hybridized carbons (Fsp3) is 0.440. The number of unbranched alkanes of at least 4 members (excludes halogenated alkanes) is 4. The van der Waals surface area contributed by atoms with Crippen molar-refractivity contribution < 1.29 is 14.3 Å². The van der Waals surface area contributed by atoms with Gasteiger partial charge in [0, 0.05) is 30.2 Å². The van der Waals surface area contributed by atoms with Gasteiger partial charge in [0.2, 0.25) is 0 Å². The molecule has 1 aliphatic rings. The second kappa shape index (κ2) is 11.8. The zero-order valence-electron chi connectivity index (χ0n) is 18.1. The Morgan fingerprint density at radius 3 is 2.39 bits per heavy atom. The molecule has 31 heavy (non-hydrogen) atoms. The molecule has 2 amide bonds. The third kappa shape index (κ3) is 6.47. The molecule has 1 unspecified atom stereocenters. The molecule has 1 fully saturated rings. The first-order valence-corrected chi connectivity index (χ1v) is 11.5. The average molecular weight is 443 g/mol. The minimum Gasteiger partial charge on any atom is -0.466 e. The number of nitrogens with zero attached hydrogens (tertiary/aromatic N) is 2. The fourth-order valence-electron chi connectivity index (χ4n) is 3.99. The lowest BCUT2D eigenvalue weighted by atomic mass is 10.1. The van der Waals surface area contributed by atoms with Crippen LogP contribution in [0.3, 0.4) is 0 Å². The van der Waals surface area contributed by atoms with E-state index in [2.05, 4.69) is 0 Å². The van der Waals surface area contributed by atoms with Crippen molar-refractivity contribution in [3.63, 3.8) is 0 Å². The van der Waals surface area contributed by atoms with E-state index in [-0.39, 0.29) is 18.0 Å². The topological polar surface area (TPSA) is 49.9 Å². The highest BCUT2D eigenvalue weighted by Gasteiger charge is 2.38. The smallest absolute Gasteiger partial charge is 0.325 e. The van der Waals surface area contributed by atoms with Crippen LogP contribution in [0.2, 0.25) is 5.02 Å². The maximum atomic E-state index is 13.2. The zero-order valence-corrected chi connectivity index (χ0v) is 18.9. The Balaban J connectivity index is 1.54. The molecule has 0 aliphatic carbocycles. The number of anilines is 1. The first-order chi connectivity index (χ1) is 15.1. The summed E-state index contributed by atoms with van der Waals surface area (Å²) in [6.07, 6.45) is 5.43. The molecule has 1 aliphatic heterocycles. The fourth-order valence-corrected chi connectivity index (χ4v) is 4.12. The van der Waals surface area contributed by atoms with Gasteiger partial charge in [-0.3, -0.25) is 9.69 Å². The summed E-state index contributed by atoms with van der Waals surface area (Å²) in [7, 11) is 0. The van der Waals surface area contributed by atoms with Crippen LogP contribution < -0.4 is 4.90 Å². The molecule has 2 aromatic carbocycles. The number of benzene rings is 2. The molecule has 0 aromatic heterocycles. The van der Waals surface area contributed by atoms with Gasteiger partial charge in [0.25, 0.3) is 0 Å². The maximum Gasteiger partial charge on any atom is 0.325 e. The number of para-hydroxylation sites is 1. The van der Waals surface area contributed by atoms with Crippen LogP contribution in [0.15, 0.2) is 54.6 Å². The van der Waals surface area contributed by atoms with Crippen molar-refractivity contribution >= 4 is 29.3 Å². The van der Waals surface area contributed by atoms with E-state index < -0.39 is 0 Å². The number of urea groups is 1. The maximum absolute atomic E-state index is 13.2. The lowest BCUT2D eigenvalue weighted by molar-refractivity contribution is -0.143. The van der Waals surface area contributed by atoms with Crippen LogP contribution in [0.5, 0.6) is 0 Å². The third-order valence-corrected chi connectivity index (χ3v) is 5.84. The Bertz CT molecular complexity index is 842. The van der Waals surface area contributed by atoms with Gasteiger partial charge in [-0.25, -0.2) is 4.79 Å². The summed E-state index contributed by atoms with van der Waals surface area (Å²) in [5.74, 6) is -0.112. The minimum absolute atomic E-state index is 0.0308. The molecule has 3 rings (SSSR count). The van der Waals surface area contributed by atoms with Crippen molar-refractivity contribution in [2.75, 3.05) is 24.6 Å². The van der Waals surface area contributed by atoms with Crippen LogP contribution in [-0.4, -0.2) is 36.6 Å². The Labute approximate surface area is 189 Å². The van der Waals surface area contributed by atoms with E-state index in [0.29, 0.717) is 24.6 Å². The SMILES string of the molecule is CCOC(=O)CCCCCCCN1CC(c2ccc(Cl)cc2)N(c2ccccc2)C1=O. The molecule has 0 radical (unpaired) electrons. The summed E-state index contributed by atoms with van der Waals surface area (Å²) in [6, 6.07) is 17.6. The Morgan fingerprint density at radius 2 is 1.68 bits per heavy atom. The first kappa shape index (κ1) is 23.1.